The molecule has 0 bridgehead atoms. The van der Waals surface area contributed by atoms with Crippen molar-refractivity contribution in [3.63, 3.8) is 0 Å². The maximum Gasteiger partial charge on any atom is 0.162 e. The van der Waals surface area contributed by atoms with Gasteiger partial charge in [-0.15, -0.1) is 0 Å². The van der Waals surface area contributed by atoms with Crippen molar-refractivity contribution < 1.29 is 9.47 Å². The topological polar surface area (TPSA) is 70.0 Å². The van der Waals surface area contributed by atoms with Crippen LogP contribution in [-0.4, -0.2) is 19.9 Å². The molecule has 0 radical (unpaired) electrons. The number of fused-ring (bicyclic) bond motifs is 8. The van der Waals surface area contributed by atoms with E-state index < -0.39 is 5.41 Å². The van der Waals surface area contributed by atoms with Crippen LogP contribution in [0.5, 0.6) is 23.0 Å². The molecule has 4 heterocycles. The Morgan fingerprint density at radius 3 is 1.69 bits per heavy atom. The van der Waals surface area contributed by atoms with Gasteiger partial charge in [-0.3, -0.25) is 4.98 Å². The second-order valence-electron chi connectivity index (χ2n) is 9.55. The first-order chi connectivity index (χ1) is 19.3. The highest BCUT2D eigenvalue weighted by molar-refractivity contribution is 5.78. The highest BCUT2D eigenvalue weighted by Crippen LogP contribution is 2.61. The maximum atomic E-state index is 6.59. The number of hydrogen-bond acceptors (Lipinski definition) is 6. The Morgan fingerprint density at radius 2 is 1.05 bits per heavy atom. The van der Waals surface area contributed by atoms with Crippen molar-refractivity contribution in [2.75, 3.05) is 0 Å². The monoisotopic (exact) mass is 504 g/mol. The molecule has 8 rings (SSSR count). The molecular weight excluding hydrogens is 484 g/mol. The lowest BCUT2D eigenvalue weighted by molar-refractivity contribution is 0.399. The third-order valence-corrected chi connectivity index (χ3v) is 7.51. The lowest BCUT2D eigenvalue weighted by Crippen LogP contribution is -2.36. The van der Waals surface area contributed by atoms with E-state index in [-0.39, 0.29) is 0 Å². The van der Waals surface area contributed by atoms with Gasteiger partial charge >= 0.3 is 0 Å². The molecule has 0 aliphatic carbocycles. The van der Waals surface area contributed by atoms with Crippen LogP contribution in [-0.2, 0) is 5.41 Å². The van der Waals surface area contributed by atoms with Gasteiger partial charge in [-0.1, -0.05) is 66.7 Å². The number of para-hydroxylation sites is 2. The molecule has 0 saturated heterocycles. The summed E-state index contributed by atoms with van der Waals surface area (Å²) < 4.78 is 13.2. The average molecular weight is 505 g/mol. The van der Waals surface area contributed by atoms with Crippen molar-refractivity contribution >= 4 is 0 Å². The molecule has 1 spiro atoms. The summed E-state index contributed by atoms with van der Waals surface area (Å²) in [5.41, 5.74) is 6.29. The van der Waals surface area contributed by atoms with Crippen LogP contribution in [0.4, 0.5) is 0 Å². The number of rotatable bonds is 2. The van der Waals surface area contributed by atoms with E-state index in [1.165, 1.54) is 12.7 Å². The lowest BCUT2D eigenvalue weighted by atomic mass is 9.62. The average Bonchev–Trinajstić information content (AvgIpc) is 3.01. The molecule has 184 valence electrons. The van der Waals surface area contributed by atoms with Crippen LogP contribution in [0.15, 0.2) is 122 Å². The van der Waals surface area contributed by atoms with Crippen molar-refractivity contribution in [2.45, 2.75) is 5.41 Å². The minimum Gasteiger partial charge on any atom is -0.457 e. The molecule has 0 amide bonds. The predicted octanol–water partition coefficient (Wildman–Crippen LogP) is 7.19. The van der Waals surface area contributed by atoms with Crippen molar-refractivity contribution in [3.05, 3.63) is 144 Å². The van der Waals surface area contributed by atoms with Crippen LogP contribution in [0.25, 0.3) is 22.6 Å². The van der Waals surface area contributed by atoms with Gasteiger partial charge in [-0.05, 0) is 36.4 Å². The second kappa shape index (κ2) is 8.33. The Hall–Kier alpha value is -5.36. The van der Waals surface area contributed by atoms with Gasteiger partial charge in [0, 0.05) is 39.6 Å². The van der Waals surface area contributed by atoms with Gasteiger partial charge in [-0.25, -0.2) is 15.0 Å². The quantitative estimate of drug-likeness (QED) is 0.248. The minimum absolute atomic E-state index is 0.595. The van der Waals surface area contributed by atoms with Gasteiger partial charge in [0.25, 0.3) is 0 Å². The second-order valence-corrected chi connectivity index (χ2v) is 9.55. The molecule has 6 nitrogen and oxygen atoms in total. The van der Waals surface area contributed by atoms with Crippen molar-refractivity contribution in [1.29, 1.82) is 0 Å². The van der Waals surface area contributed by atoms with Crippen LogP contribution in [0.3, 0.4) is 0 Å². The normalized spacial score (nSPS) is 16.2. The first-order valence-electron chi connectivity index (χ1n) is 12.7. The first-order valence-corrected chi connectivity index (χ1v) is 12.7. The molecular formula is C33H20N4O2. The van der Waals surface area contributed by atoms with Crippen LogP contribution in [0.2, 0.25) is 0 Å². The first kappa shape index (κ1) is 21.7. The summed E-state index contributed by atoms with van der Waals surface area (Å²) in [7, 11) is 0. The van der Waals surface area contributed by atoms with Crippen LogP contribution in [0, 0.1) is 0 Å². The van der Waals surface area contributed by atoms with Crippen LogP contribution < -0.4 is 9.47 Å². The molecule has 1 atom stereocenters. The molecule has 4 aromatic carbocycles. The largest absolute Gasteiger partial charge is 0.457 e. The summed E-state index contributed by atoms with van der Waals surface area (Å²) in [5, 5.41) is 0. The van der Waals surface area contributed by atoms with E-state index in [9.17, 15) is 0 Å². The van der Waals surface area contributed by atoms with Crippen LogP contribution >= 0.6 is 0 Å². The van der Waals surface area contributed by atoms with Crippen LogP contribution in [0.1, 0.15) is 22.3 Å². The Labute approximate surface area is 224 Å². The SMILES string of the molecule is c1ccc(-c2ccc3c(c2)Oc2ccccc2C32c3ccccc3Oc3cc(-c4ncncn4)ccc32)nc1. The van der Waals surface area contributed by atoms with E-state index in [0.717, 1.165) is 62.1 Å². The number of ether oxygens (including phenoxy) is 2. The van der Waals surface area contributed by atoms with E-state index in [2.05, 4.69) is 68.5 Å². The van der Waals surface area contributed by atoms with E-state index in [1.54, 1.807) is 0 Å². The zero-order valence-electron chi connectivity index (χ0n) is 20.7. The highest BCUT2D eigenvalue weighted by atomic mass is 16.5. The molecule has 0 N–H and O–H groups in total. The van der Waals surface area contributed by atoms with Gasteiger partial charge in [0.15, 0.2) is 5.82 Å². The Balaban J connectivity index is 1.44. The Morgan fingerprint density at radius 1 is 0.487 bits per heavy atom. The standard InChI is InChI=1S/C33H20N4O2/c1-3-10-28-23(7-1)33(25-14-12-21(17-30(25)38-28)27-9-5-6-16-35-27)24-8-2-4-11-29(24)39-31-18-22(13-15-26(31)33)32-36-19-34-20-37-32/h1-20H. The number of benzene rings is 4. The third-order valence-electron chi connectivity index (χ3n) is 7.51. The summed E-state index contributed by atoms with van der Waals surface area (Å²) >= 11 is 0. The van der Waals surface area contributed by atoms with Crippen molar-refractivity contribution in [3.8, 4) is 45.6 Å². The van der Waals surface area contributed by atoms with Gasteiger partial charge in [-0.2, -0.15) is 0 Å². The zero-order valence-corrected chi connectivity index (χ0v) is 20.7. The summed E-state index contributed by atoms with van der Waals surface area (Å²) in [4.78, 5) is 17.2. The smallest absolute Gasteiger partial charge is 0.162 e. The summed E-state index contributed by atoms with van der Waals surface area (Å²) in [6.45, 7) is 0. The summed E-state index contributed by atoms with van der Waals surface area (Å²) in [6.07, 6.45) is 4.81. The van der Waals surface area contributed by atoms with E-state index in [1.807, 2.05) is 60.8 Å². The molecule has 6 aromatic rings. The van der Waals surface area contributed by atoms with Gasteiger partial charge < -0.3 is 9.47 Å². The Kier molecular flexibility index (Phi) is 4.63. The molecule has 2 aliphatic rings. The summed E-state index contributed by atoms with van der Waals surface area (Å²) in [5.74, 6) is 3.75. The molecule has 2 aliphatic heterocycles. The van der Waals surface area contributed by atoms with Crippen molar-refractivity contribution in [1.82, 2.24) is 19.9 Å². The lowest BCUT2D eigenvalue weighted by Gasteiger charge is -2.45. The molecule has 0 saturated carbocycles. The number of nitrogens with zero attached hydrogens (tertiary/aromatic N) is 4. The molecule has 1 unspecified atom stereocenters. The molecule has 39 heavy (non-hydrogen) atoms. The van der Waals surface area contributed by atoms with Gasteiger partial charge in [0.1, 0.15) is 35.7 Å². The number of hydrogen-bond donors (Lipinski definition) is 0. The predicted molar refractivity (Wildman–Crippen MR) is 147 cm³/mol. The highest BCUT2D eigenvalue weighted by Gasteiger charge is 2.50. The van der Waals surface area contributed by atoms with Gasteiger partial charge in [0.2, 0.25) is 0 Å². The number of pyridine rings is 1. The fraction of sp³-hybridized carbons (Fsp3) is 0.0303. The molecule has 6 heteroatoms. The summed E-state index contributed by atoms with van der Waals surface area (Å²) in [6, 6.07) is 35.0. The third kappa shape index (κ3) is 3.15. The zero-order chi connectivity index (χ0) is 25.8. The fourth-order valence-corrected chi connectivity index (χ4v) is 5.89. The van der Waals surface area contributed by atoms with E-state index in [0.29, 0.717) is 5.82 Å². The molecule has 0 fully saturated rings. The van der Waals surface area contributed by atoms with Crippen molar-refractivity contribution in [2.24, 2.45) is 0 Å². The number of aromatic nitrogens is 4. The van der Waals surface area contributed by atoms with E-state index >= 15 is 0 Å². The van der Waals surface area contributed by atoms with Gasteiger partial charge in [0.05, 0.1) is 11.1 Å². The molecule has 2 aromatic heterocycles. The van der Waals surface area contributed by atoms with E-state index in [4.69, 9.17) is 9.47 Å². The Bertz CT molecular complexity index is 1730. The fourth-order valence-electron chi connectivity index (χ4n) is 5.89. The minimum atomic E-state index is -0.658. The maximum absolute atomic E-state index is 6.59.